The fourth-order valence-corrected chi connectivity index (χ4v) is 2.48. The van der Waals surface area contributed by atoms with Crippen LogP contribution in [0.5, 0.6) is 5.75 Å². The minimum Gasteiger partial charge on any atom is -0.486 e. The van der Waals surface area contributed by atoms with E-state index in [0.29, 0.717) is 19.8 Å². The molecule has 110 valence electrons. The molecular weight excluding hydrogens is 266 g/mol. The molecule has 0 amide bonds. The fraction of sp³-hybridized carbons (Fsp3) is 0.353. The third-order valence-corrected chi connectivity index (χ3v) is 3.62. The van der Waals surface area contributed by atoms with E-state index in [1.54, 1.807) is 0 Å². The summed E-state index contributed by atoms with van der Waals surface area (Å²) in [5.74, 6) is 0.842. The van der Waals surface area contributed by atoms with Crippen molar-refractivity contribution < 1.29 is 14.3 Å². The third-order valence-electron chi connectivity index (χ3n) is 3.62. The Morgan fingerprint density at radius 3 is 2.67 bits per heavy atom. The lowest BCUT2D eigenvalue weighted by molar-refractivity contribution is -0.123. The smallest absolute Gasteiger partial charge is 0.184 e. The molecule has 0 aliphatic carbocycles. The zero-order chi connectivity index (χ0) is 14.5. The highest BCUT2D eigenvalue weighted by atomic mass is 16.5. The van der Waals surface area contributed by atoms with Gasteiger partial charge in [-0.25, -0.2) is 0 Å². The molecule has 0 bridgehead atoms. The van der Waals surface area contributed by atoms with E-state index in [1.807, 2.05) is 36.4 Å². The summed E-state index contributed by atoms with van der Waals surface area (Å²) in [4.78, 5) is 14.0. The van der Waals surface area contributed by atoms with Gasteiger partial charge in [0, 0.05) is 13.1 Å². The molecule has 2 aromatic carbocycles. The largest absolute Gasteiger partial charge is 0.486 e. The minimum atomic E-state index is 0.102. The highest BCUT2D eigenvalue weighted by molar-refractivity contribution is 5.84. The Bertz CT molecular complexity index is 620. The average Bonchev–Trinajstić information content (AvgIpc) is 2.54. The van der Waals surface area contributed by atoms with Crippen molar-refractivity contribution in [3.8, 4) is 5.75 Å². The normalized spacial score (nSPS) is 16.0. The van der Waals surface area contributed by atoms with Gasteiger partial charge in [-0.05, 0) is 22.9 Å². The Kier molecular flexibility index (Phi) is 4.48. The number of morpholine rings is 1. The molecule has 0 unspecified atom stereocenters. The molecule has 1 fully saturated rings. The van der Waals surface area contributed by atoms with Crippen LogP contribution in [-0.4, -0.2) is 50.1 Å². The first-order chi connectivity index (χ1) is 10.3. The summed E-state index contributed by atoms with van der Waals surface area (Å²) in [6.45, 7) is 3.62. The molecule has 2 aromatic rings. The van der Waals surface area contributed by atoms with Gasteiger partial charge in [0.1, 0.15) is 12.4 Å². The van der Waals surface area contributed by atoms with Crippen LogP contribution in [0.3, 0.4) is 0 Å². The number of nitrogens with zero attached hydrogens (tertiary/aromatic N) is 1. The maximum atomic E-state index is 11.9. The van der Waals surface area contributed by atoms with Crippen LogP contribution in [0.25, 0.3) is 10.8 Å². The lowest BCUT2D eigenvalue weighted by Crippen LogP contribution is -2.40. The SMILES string of the molecule is O=C(COc1ccc2ccccc2c1)CN1CCOCC1. The van der Waals surface area contributed by atoms with Crippen molar-refractivity contribution in [2.45, 2.75) is 0 Å². The summed E-state index contributed by atoms with van der Waals surface area (Å²) < 4.78 is 10.9. The van der Waals surface area contributed by atoms with E-state index in [2.05, 4.69) is 11.0 Å². The van der Waals surface area contributed by atoms with E-state index < -0.39 is 0 Å². The minimum absolute atomic E-state index is 0.102. The standard InChI is InChI=1S/C17H19NO3/c19-16(12-18-7-9-20-10-8-18)13-21-17-6-5-14-3-1-2-4-15(14)11-17/h1-6,11H,7-10,12-13H2. The van der Waals surface area contributed by atoms with Crippen molar-refractivity contribution in [2.75, 3.05) is 39.5 Å². The van der Waals surface area contributed by atoms with E-state index in [-0.39, 0.29) is 12.4 Å². The van der Waals surface area contributed by atoms with Crippen molar-refractivity contribution in [3.63, 3.8) is 0 Å². The first-order valence-corrected chi connectivity index (χ1v) is 7.25. The maximum absolute atomic E-state index is 11.9. The summed E-state index contributed by atoms with van der Waals surface area (Å²) >= 11 is 0. The summed E-state index contributed by atoms with van der Waals surface area (Å²) in [5, 5.41) is 2.29. The van der Waals surface area contributed by atoms with Gasteiger partial charge in [-0.3, -0.25) is 9.69 Å². The Hall–Kier alpha value is -1.91. The fourth-order valence-electron chi connectivity index (χ4n) is 2.48. The van der Waals surface area contributed by atoms with Gasteiger partial charge in [0.15, 0.2) is 5.78 Å². The second-order valence-corrected chi connectivity index (χ2v) is 5.22. The molecule has 1 heterocycles. The predicted molar refractivity (Wildman–Crippen MR) is 81.7 cm³/mol. The van der Waals surface area contributed by atoms with Gasteiger partial charge in [-0.15, -0.1) is 0 Å². The van der Waals surface area contributed by atoms with E-state index in [1.165, 1.54) is 5.39 Å². The number of benzene rings is 2. The second-order valence-electron chi connectivity index (χ2n) is 5.22. The number of Topliss-reactive ketones (excluding diaryl/α,β-unsaturated/α-hetero) is 1. The second kappa shape index (κ2) is 6.70. The average molecular weight is 285 g/mol. The number of hydrogen-bond acceptors (Lipinski definition) is 4. The van der Waals surface area contributed by atoms with Gasteiger partial charge in [0.05, 0.1) is 19.8 Å². The van der Waals surface area contributed by atoms with Crippen LogP contribution in [-0.2, 0) is 9.53 Å². The topological polar surface area (TPSA) is 38.8 Å². The van der Waals surface area contributed by atoms with E-state index in [9.17, 15) is 4.79 Å². The summed E-state index contributed by atoms with van der Waals surface area (Å²) in [7, 11) is 0. The Balaban J connectivity index is 1.54. The Morgan fingerprint density at radius 2 is 1.86 bits per heavy atom. The molecule has 0 spiro atoms. The van der Waals surface area contributed by atoms with Crippen molar-refractivity contribution in [2.24, 2.45) is 0 Å². The van der Waals surface area contributed by atoms with Crippen LogP contribution in [0, 0.1) is 0 Å². The lowest BCUT2D eigenvalue weighted by Gasteiger charge is -2.25. The van der Waals surface area contributed by atoms with Crippen LogP contribution < -0.4 is 4.74 Å². The molecule has 0 radical (unpaired) electrons. The first kappa shape index (κ1) is 14.0. The van der Waals surface area contributed by atoms with Crippen molar-refractivity contribution >= 4 is 16.6 Å². The van der Waals surface area contributed by atoms with Crippen LogP contribution in [0.1, 0.15) is 0 Å². The number of hydrogen-bond donors (Lipinski definition) is 0. The summed E-state index contributed by atoms with van der Waals surface area (Å²) in [5.41, 5.74) is 0. The molecule has 1 saturated heterocycles. The molecule has 0 N–H and O–H groups in total. The van der Waals surface area contributed by atoms with Crippen molar-refractivity contribution in [1.82, 2.24) is 4.90 Å². The molecule has 21 heavy (non-hydrogen) atoms. The van der Waals surface area contributed by atoms with Gasteiger partial charge >= 0.3 is 0 Å². The molecular formula is C17H19NO3. The van der Waals surface area contributed by atoms with Gasteiger partial charge < -0.3 is 9.47 Å². The number of fused-ring (bicyclic) bond motifs is 1. The molecule has 1 aliphatic heterocycles. The maximum Gasteiger partial charge on any atom is 0.184 e. The van der Waals surface area contributed by atoms with Crippen LogP contribution in [0.4, 0.5) is 0 Å². The molecule has 0 atom stereocenters. The highest BCUT2D eigenvalue weighted by Gasteiger charge is 2.14. The quantitative estimate of drug-likeness (QED) is 0.843. The molecule has 0 aromatic heterocycles. The number of carbonyl (C=O) groups excluding carboxylic acids is 1. The third kappa shape index (κ3) is 3.80. The molecule has 0 saturated carbocycles. The molecule has 4 nitrogen and oxygen atoms in total. The van der Waals surface area contributed by atoms with Crippen molar-refractivity contribution in [1.29, 1.82) is 0 Å². The first-order valence-electron chi connectivity index (χ1n) is 7.25. The van der Waals surface area contributed by atoms with Crippen molar-refractivity contribution in [3.05, 3.63) is 42.5 Å². The Labute approximate surface area is 124 Å². The van der Waals surface area contributed by atoms with Gasteiger partial charge in [-0.1, -0.05) is 30.3 Å². The van der Waals surface area contributed by atoms with Gasteiger partial charge in [0.2, 0.25) is 0 Å². The number of carbonyl (C=O) groups is 1. The molecule has 1 aliphatic rings. The van der Waals surface area contributed by atoms with Gasteiger partial charge in [0.25, 0.3) is 0 Å². The summed E-state index contributed by atoms with van der Waals surface area (Å²) in [6, 6.07) is 14.0. The zero-order valence-corrected chi connectivity index (χ0v) is 12.0. The molecule has 3 rings (SSSR count). The van der Waals surface area contributed by atoms with E-state index in [0.717, 1.165) is 24.2 Å². The summed E-state index contributed by atoms with van der Waals surface area (Å²) in [6.07, 6.45) is 0. The van der Waals surface area contributed by atoms with Gasteiger partial charge in [-0.2, -0.15) is 0 Å². The lowest BCUT2D eigenvalue weighted by atomic mass is 10.1. The monoisotopic (exact) mass is 285 g/mol. The number of rotatable bonds is 5. The van der Waals surface area contributed by atoms with E-state index >= 15 is 0 Å². The number of ether oxygens (including phenoxy) is 2. The molecule has 4 heteroatoms. The zero-order valence-electron chi connectivity index (χ0n) is 12.0. The van der Waals surface area contributed by atoms with Crippen LogP contribution in [0.2, 0.25) is 0 Å². The highest BCUT2D eigenvalue weighted by Crippen LogP contribution is 2.20. The number of ketones is 1. The Morgan fingerprint density at radius 1 is 1.10 bits per heavy atom. The van der Waals surface area contributed by atoms with E-state index in [4.69, 9.17) is 9.47 Å². The predicted octanol–water partition coefficient (Wildman–Crippen LogP) is 2.12. The van der Waals surface area contributed by atoms with Crippen LogP contribution >= 0.6 is 0 Å². The van der Waals surface area contributed by atoms with Crippen LogP contribution in [0.15, 0.2) is 42.5 Å².